The maximum Gasteiger partial charge on any atom is 0.141 e. The monoisotopic (exact) mass is 337 g/mol. The molecule has 4 rings (SSSR count). The highest BCUT2D eigenvalue weighted by Gasteiger charge is 2.15. The quantitative estimate of drug-likeness (QED) is 0.513. The van der Waals surface area contributed by atoms with E-state index in [1.54, 1.807) is 0 Å². The van der Waals surface area contributed by atoms with E-state index in [1.165, 1.54) is 11.1 Å². The van der Waals surface area contributed by atoms with Crippen molar-refractivity contribution in [3.8, 4) is 17.5 Å². The molecule has 0 N–H and O–H groups in total. The third kappa shape index (κ3) is 2.76. The lowest BCUT2D eigenvalue weighted by molar-refractivity contribution is 0.831. The number of fused-ring (bicyclic) bond motifs is 1. The van der Waals surface area contributed by atoms with Crippen molar-refractivity contribution in [2.75, 3.05) is 0 Å². The van der Waals surface area contributed by atoms with Crippen molar-refractivity contribution < 1.29 is 0 Å². The van der Waals surface area contributed by atoms with Gasteiger partial charge in [-0.2, -0.15) is 5.26 Å². The Morgan fingerprint density at radius 2 is 1.62 bits per heavy atom. The third-order valence-electron chi connectivity index (χ3n) is 4.86. The number of benzene rings is 3. The normalized spacial score (nSPS) is 10.8. The van der Waals surface area contributed by atoms with Gasteiger partial charge in [0.05, 0.1) is 29.2 Å². The lowest BCUT2D eigenvalue weighted by Crippen LogP contribution is -2.04. The van der Waals surface area contributed by atoms with Crippen molar-refractivity contribution in [3.63, 3.8) is 0 Å². The first-order valence-electron chi connectivity index (χ1n) is 8.68. The lowest BCUT2D eigenvalue weighted by atomic mass is 10.1. The summed E-state index contributed by atoms with van der Waals surface area (Å²) < 4.78 is 2.22. The smallest absolute Gasteiger partial charge is 0.141 e. The van der Waals surface area contributed by atoms with Gasteiger partial charge in [-0.05, 0) is 48.7 Å². The number of nitriles is 1. The van der Waals surface area contributed by atoms with E-state index < -0.39 is 0 Å². The van der Waals surface area contributed by atoms with Gasteiger partial charge in [-0.3, -0.25) is 0 Å². The molecule has 0 fully saturated rings. The zero-order valence-electron chi connectivity index (χ0n) is 14.9. The number of nitrogens with zero attached hydrogens (tertiary/aromatic N) is 3. The van der Waals surface area contributed by atoms with Crippen LogP contribution >= 0.6 is 0 Å². The maximum atomic E-state index is 9.45. The SMILES string of the molecule is Cc1cc2nc(-c3ccccc3)n(Cc3ccccc3C#N)c2cc1C. The van der Waals surface area contributed by atoms with E-state index in [9.17, 15) is 5.26 Å². The zero-order chi connectivity index (χ0) is 18.1. The molecule has 1 heterocycles. The predicted octanol–water partition coefficient (Wildman–Crippen LogP) is 5.24. The van der Waals surface area contributed by atoms with Gasteiger partial charge in [0, 0.05) is 5.56 Å². The van der Waals surface area contributed by atoms with Crippen LogP contribution in [-0.2, 0) is 6.54 Å². The molecule has 4 aromatic rings. The minimum Gasteiger partial charge on any atom is -0.319 e. The summed E-state index contributed by atoms with van der Waals surface area (Å²) >= 11 is 0. The molecule has 0 aliphatic carbocycles. The number of rotatable bonds is 3. The molecular weight excluding hydrogens is 318 g/mol. The highest BCUT2D eigenvalue weighted by Crippen LogP contribution is 2.28. The molecule has 0 spiro atoms. The van der Waals surface area contributed by atoms with Gasteiger partial charge in [0.15, 0.2) is 0 Å². The molecule has 1 aromatic heterocycles. The predicted molar refractivity (Wildman–Crippen MR) is 105 cm³/mol. The summed E-state index contributed by atoms with van der Waals surface area (Å²) in [5.41, 5.74) is 7.35. The zero-order valence-corrected chi connectivity index (χ0v) is 14.9. The van der Waals surface area contributed by atoms with Crippen LogP contribution in [0.5, 0.6) is 0 Å². The van der Waals surface area contributed by atoms with Gasteiger partial charge < -0.3 is 4.57 Å². The average molecular weight is 337 g/mol. The van der Waals surface area contributed by atoms with Gasteiger partial charge in [-0.25, -0.2) is 4.98 Å². The first kappa shape index (κ1) is 16.1. The summed E-state index contributed by atoms with van der Waals surface area (Å²) in [7, 11) is 0. The second kappa shape index (κ2) is 6.50. The van der Waals surface area contributed by atoms with Gasteiger partial charge in [-0.15, -0.1) is 0 Å². The van der Waals surface area contributed by atoms with Gasteiger partial charge in [0.2, 0.25) is 0 Å². The van der Waals surface area contributed by atoms with Gasteiger partial charge in [0.25, 0.3) is 0 Å². The Hall–Kier alpha value is -3.38. The van der Waals surface area contributed by atoms with E-state index in [-0.39, 0.29) is 0 Å². The van der Waals surface area contributed by atoms with E-state index in [0.29, 0.717) is 12.1 Å². The highest BCUT2D eigenvalue weighted by molar-refractivity contribution is 5.82. The van der Waals surface area contributed by atoms with Crippen LogP contribution < -0.4 is 0 Å². The molecule has 3 nitrogen and oxygen atoms in total. The van der Waals surface area contributed by atoms with Crippen LogP contribution in [0.4, 0.5) is 0 Å². The number of aromatic nitrogens is 2. The standard InChI is InChI=1S/C23H19N3/c1-16-12-21-22(13-17(16)2)26(15-20-11-7-6-10-19(20)14-24)23(25-21)18-8-4-3-5-9-18/h3-13H,15H2,1-2H3. The molecule has 3 aromatic carbocycles. The van der Waals surface area contributed by atoms with Gasteiger partial charge in [0.1, 0.15) is 5.82 Å². The summed E-state index contributed by atoms with van der Waals surface area (Å²) in [5.74, 6) is 0.929. The molecule has 0 bridgehead atoms. The summed E-state index contributed by atoms with van der Waals surface area (Å²) in [6, 6.07) is 24.6. The van der Waals surface area contributed by atoms with E-state index in [4.69, 9.17) is 4.98 Å². The van der Waals surface area contributed by atoms with Crippen molar-refractivity contribution in [2.45, 2.75) is 20.4 Å². The first-order valence-corrected chi connectivity index (χ1v) is 8.68. The average Bonchev–Trinajstić information content (AvgIpc) is 3.01. The minimum absolute atomic E-state index is 0.618. The van der Waals surface area contributed by atoms with E-state index in [1.807, 2.05) is 42.5 Å². The van der Waals surface area contributed by atoms with Crippen molar-refractivity contribution in [1.82, 2.24) is 9.55 Å². The first-order chi connectivity index (χ1) is 12.7. The minimum atomic E-state index is 0.618. The Balaban J connectivity index is 1.96. The Bertz CT molecular complexity index is 1130. The lowest BCUT2D eigenvalue weighted by Gasteiger charge is -2.11. The summed E-state index contributed by atoms with van der Waals surface area (Å²) in [5, 5.41) is 9.45. The molecule has 0 saturated carbocycles. The Morgan fingerprint density at radius 3 is 2.38 bits per heavy atom. The summed E-state index contributed by atoms with van der Waals surface area (Å²) in [6.07, 6.45) is 0. The molecule has 126 valence electrons. The molecule has 0 aliphatic heterocycles. The number of hydrogen-bond donors (Lipinski definition) is 0. The van der Waals surface area contributed by atoms with Crippen molar-refractivity contribution >= 4 is 11.0 Å². The second-order valence-corrected chi connectivity index (χ2v) is 6.58. The second-order valence-electron chi connectivity index (χ2n) is 6.58. The number of imidazole rings is 1. The third-order valence-corrected chi connectivity index (χ3v) is 4.86. The van der Waals surface area contributed by atoms with E-state index in [2.05, 4.69) is 48.7 Å². The molecule has 0 saturated heterocycles. The Kier molecular flexibility index (Phi) is 4.02. The van der Waals surface area contributed by atoms with Crippen LogP contribution in [0.3, 0.4) is 0 Å². The van der Waals surface area contributed by atoms with Crippen LogP contribution in [0.25, 0.3) is 22.4 Å². The molecule has 0 unspecified atom stereocenters. The fourth-order valence-electron chi connectivity index (χ4n) is 3.29. The molecule has 0 radical (unpaired) electrons. The Morgan fingerprint density at radius 1 is 0.923 bits per heavy atom. The van der Waals surface area contributed by atoms with Crippen molar-refractivity contribution in [1.29, 1.82) is 5.26 Å². The largest absolute Gasteiger partial charge is 0.319 e. The summed E-state index contributed by atoms with van der Waals surface area (Å²) in [4.78, 5) is 4.92. The van der Waals surface area contributed by atoms with Crippen LogP contribution in [0.2, 0.25) is 0 Å². The van der Waals surface area contributed by atoms with Crippen molar-refractivity contribution in [2.24, 2.45) is 0 Å². The number of aryl methyl sites for hydroxylation is 2. The fraction of sp³-hybridized carbons (Fsp3) is 0.130. The molecular formula is C23H19N3. The van der Waals surface area contributed by atoms with E-state index >= 15 is 0 Å². The highest BCUT2D eigenvalue weighted by atomic mass is 15.1. The molecule has 26 heavy (non-hydrogen) atoms. The van der Waals surface area contributed by atoms with Crippen LogP contribution in [0.1, 0.15) is 22.3 Å². The summed E-state index contributed by atoms with van der Waals surface area (Å²) in [6.45, 7) is 4.85. The van der Waals surface area contributed by atoms with Gasteiger partial charge in [-0.1, -0.05) is 48.5 Å². The van der Waals surface area contributed by atoms with Crippen molar-refractivity contribution in [3.05, 3.63) is 89.0 Å². The van der Waals surface area contributed by atoms with Crippen LogP contribution in [0.15, 0.2) is 66.7 Å². The Labute approximate surface area is 153 Å². The van der Waals surface area contributed by atoms with Crippen LogP contribution in [0, 0.1) is 25.2 Å². The molecule has 3 heteroatoms. The number of hydrogen-bond acceptors (Lipinski definition) is 2. The van der Waals surface area contributed by atoms with Gasteiger partial charge >= 0.3 is 0 Å². The fourth-order valence-corrected chi connectivity index (χ4v) is 3.29. The molecule has 0 aliphatic rings. The molecule has 0 atom stereocenters. The topological polar surface area (TPSA) is 41.6 Å². The maximum absolute atomic E-state index is 9.45. The molecule has 0 amide bonds. The van der Waals surface area contributed by atoms with Crippen LogP contribution in [-0.4, -0.2) is 9.55 Å². The van der Waals surface area contributed by atoms with E-state index in [0.717, 1.165) is 28.0 Å².